The lowest BCUT2D eigenvalue weighted by Crippen LogP contribution is -2.40. The van der Waals surface area contributed by atoms with Crippen LogP contribution in [0.5, 0.6) is 0 Å². The largest absolute Gasteiger partial charge is 0.401 e. The first-order chi connectivity index (χ1) is 12.9. The Hall–Kier alpha value is -1.76. The highest BCUT2D eigenvalue weighted by atomic mass is 19.4. The van der Waals surface area contributed by atoms with E-state index in [0.29, 0.717) is 25.6 Å². The van der Waals surface area contributed by atoms with E-state index in [1.807, 2.05) is 13.0 Å². The lowest BCUT2D eigenvalue weighted by Gasteiger charge is -2.22. The molecule has 0 saturated carbocycles. The topological polar surface area (TPSA) is 30.9 Å². The van der Waals surface area contributed by atoms with Gasteiger partial charge in [0.15, 0.2) is 5.96 Å². The molecule has 2 heterocycles. The fourth-order valence-electron chi connectivity index (χ4n) is 4.05. The molecular formula is C20H29F3N4. The van der Waals surface area contributed by atoms with Gasteiger partial charge in [0.25, 0.3) is 0 Å². The van der Waals surface area contributed by atoms with E-state index in [9.17, 15) is 13.2 Å². The molecule has 1 aromatic carbocycles. The monoisotopic (exact) mass is 382 g/mol. The average Bonchev–Trinajstić information content (AvgIpc) is 3.28. The molecule has 0 aromatic heterocycles. The number of likely N-dealkylation sites (tertiary alicyclic amines) is 2. The van der Waals surface area contributed by atoms with E-state index >= 15 is 0 Å². The molecule has 2 saturated heterocycles. The number of halogens is 3. The number of alkyl halides is 3. The SMILES string of the molecule is CCNC(=NCC1CCN(CC(F)(F)F)C1)N1CCC(c2ccccc2)C1. The zero-order chi connectivity index (χ0) is 19.3. The van der Waals surface area contributed by atoms with Crippen LogP contribution in [-0.4, -0.2) is 67.7 Å². The smallest absolute Gasteiger partial charge is 0.357 e. The molecule has 2 fully saturated rings. The summed E-state index contributed by atoms with van der Waals surface area (Å²) >= 11 is 0. The molecule has 2 atom stereocenters. The van der Waals surface area contributed by atoms with Crippen molar-refractivity contribution in [2.75, 3.05) is 45.8 Å². The second kappa shape index (κ2) is 8.95. The third-order valence-electron chi connectivity index (χ3n) is 5.37. The van der Waals surface area contributed by atoms with Crippen LogP contribution in [0.25, 0.3) is 0 Å². The number of benzene rings is 1. The minimum Gasteiger partial charge on any atom is -0.357 e. The summed E-state index contributed by atoms with van der Waals surface area (Å²) in [5, 5.41) is 3.35. The molecular weight excluding hydrogens is 353 g/mol. The fourth-order valence-corrected chi connectivity index (χ4v) is 4.05. The number of aliphatic imine (C=N–C) groups is 1. The number of rotatable bonds is 5. The average molecular weight is 382 g/mol. The molecule has 150 valence electrons. The van der Waals surface area contributed by atoms with Crippen LogP contribution in [0, 0.1) is 5.92 Å². The van der Waals surface area contributed by atoms with Crippen molar-refractivity contribution in [2.45, 2.75) is 31.9 Å². The second-order valence-electron chi connectivity index (χ2n) is 7.54. The molecule has 0 radical (unpaired) electrons. The highest BCUT2D eigenvalue weighted by Crippen LogP contribution is 2.27. The van der Waals surface area contributed by atoms with Crippen LogP contribution in [0.4, 0.5) is 13.2 Å². The van der Waals surface area contributed by atoms with Crippen molar-refractivity contribution >= 4 is 5.96 Å². The van der Waals surface area contributed by atoms with E-state index in [4.69, 9.17) is 4.99 Å². The van der Waals surface area contributed by atoms with Crippen LogP contribution in [0.3, 0.4) is 0 Å². The van der Waals surface area contributed by atoms with E-state index < -0.39 is 12.7 Å². The molecule has 3 rings (SSSR count). The van der Waals surface area contributed by atoms with Crippen LogP contribution >= 0.6 is 0 Å². The lowest BCUT2D eigenvalue weighted by molar-refractivity contribution is -0.143. The molecule has 2 unspecified atom stereocenters. The Labute approximate surface area is 159 Å². The van der Waals surface area contributed by atoms with Gasteiger partial charge in [0, 0.05) is 38.6 Å². The van der Waals surface area contributed by atoms with Gasteiger partial charge in [-0.25, -0.2) is 0 Å². The van der Waals surface area contributed by atoms with Gasteiger partial charge >= 0.3 is 6.18 Å². The van der Waals surface area contributed by atoms with Gasteiger partial charge in [-0.05, 0) is 37.8 Å². The lowest BCUT2D eigenvalue weighted by atomic mass is 9.99. The molecule has 0 spiro atoms. The molecule has 0 amide bonds. The summed E-state index contributed by atoms with van der Waals surface area (Å²) in [5.74, 6) is 1.60. The van der Waals surface area contributed by atoms with Crippen LogP contribution < -0.4 is 5.32 Å². The number of nitrogens with zero attached hydrogens (tertiary/aromatic N) is 3. The maximum Gasteiger partial charge on any atom is 0.401 e. The van der Waals surface area contributed by atoms with Crippen molar-refractivity contribution in [3.05, 3.63) is 35.9 Å². The van der Waals surface area contributed by atoms with Crippen molar-refractivity contribution in [3.63, 3.8) is 0 Å². The Balaban J connectivity index is 1.55. The van der Waals surface area contributed by atoms with Gasteiger partial charge in [0.2, 0.25) is 0 Å². The Morgan fingerprint density at radius 3 is 2.63 bits per heavy atom. The molecule has 4 nitrogen and oxygen atoms in total. The minimum atomic E-state index is -4.12. The quantitative estimate of drug-likeness (QED) is 0.626. The van der Waals surface area contributed by atoms with Crippen LogP contribution in [-0.2, 0) is 0 Å². The first-order valence-corrected chi connectivity index (χ1v) is 9.82. The van der Waals surface area contributed by atoms with Gasteiger partial charge in [-0.15, -0.1) is 0 Å². The summed E-state index contributed by atoms with van der Waals surface area (Å²) in [6, 6.07) is 10.5. The zero-order valence-electron chi connectivity index (χ0n) is 15.9. The summed E-state index contributed by atoms with van der Waals surface area (Å²) in [6.07, 6.45) is -2.24. The second-order valence-corrected chi connectivity index (χ2v) is 7.54. The zero-order valence-corrected chi connectivity index (χ0v) is 15.9. The van der Waals surface area contributed by atoms with Gasteiger partial charge < -0.3 is 10.2 Å². The molecule has 1 aromatic rings. The van der Waals surface area contributed by atoms with E-state index in [1.165, 1.54) is 10.5 Å². The predicted molar refractivity (Wildman–Crippen MR) is 102 cm³/mol. The van der Waals surface area contributed by atoms with Crippen LogP contribution in [0.2, 0.25) is 0 Å². The van der Waals surface area contributed by atoms with Gasteiger partial charge in [0.1, 0.15) is 0 Å². The number of hydrogen-bond acceptors (Lipinski definition) is 2. The van der Waals surface area contributed by atoms with E-state index in [-0.39, 0.29) is 5.92 Å². The minimum absolute atomic E-state index is 0.202. The molecule has 1 N–H and O–H groups in total. The highest BCUT2D eigenvalue weighted by Gasteiger charge is 2.34. The Morgan fingerprint density at radius 2 is 1.93 bits per heavy atom. The van der Waals surface area contributed by atoms with Crippen molar-refractivity contribution < 1.29 is 13.2 Å². The first-order valence-electron chi connectivity index (χ1n) is 9.82. The van der Waals surface area contributed by atoms with Crippen molar-refractivity contribution in [3.8, 4) is 0 Å². The first kappa shape index (κ1) is 20.0. The van der Waals surface area contributed by atoms with E-state index in [1.54, 1.807) is 0 Å². The molecule has 7 heteroatoms. The highest BCUT2D eigenvalue weighted by molar-refractivity contribution is 5.80. The van der Waals surface area contributed by atoms with Crippen LogP contribution in [0.1, 0.15) is 31.2 Å². The van der Waals surface area contributed by atoms with Gasteiger partial charge in [-0.3, -0.25) is 9.89 Å². The third-order valence-corrected chi connectivity index (χ3v) is 5.37. The van der Waals surface area contributed by atoms with Gasteiger partial charge in [-0.2, -0.15) is 13.2 Å². The fraction of sp³-hybridized carbons (Fsp3) is 0.650. The maximum atomic E-state index is 12.5. The maximum absolute atomic E-state index is 12.5. The predicted octanol–water partition coefficient (Wildman–Crippen LogP) is 3.33. The number of guanidine groups is 1. The number of nitrogens with one attached hydrogen (secondary N) is 1. The van der Waals surface area contributed by atoms with Gasteiger partial charge in [-0.1, -0.05) is 30.3 Å². The summed E-state index contributed by atoms with van der Waals surface area (Å²) in [5.41, 5.74) is 1.36. The third kappa shape index (κ3) is 5.86. The molecule has 0 aliphatic carbocycles. The van der Waals surface area contributed by atoms with Crippen LogP contribution in [0.15, 0.2) is 35.3 Å². The normalized spacial score (nSPS) is 24.6. The summed E-state index contributed by atoms with van der Waals surface area (Å²) < 4.78 is 37.6. The molecule has 2 aliphatic rings. The van der Waals surface area contributed by atoms with E-state index in [2.05, 4.69) is 34.5 Å². The molecule has 2 aliphatic heterocycles. The summed E-state index contributed by atoms with van der Waals surface area (Å²) in [4.78, 5) is 8.54. The molecule has 27 heavy (non-hydrogen) atoms. The Morgan fingerprint density at radius 1 is 1.15 bits per heavy atom. The standard InChI is InChI=1S/C20H29F3N4/c1-2-24-19(25-12-16-8-10-26(13-16)15-20(21,22)23)27-11-9-18(14-27)17-6-4-3-5-7-17/h3-7,16,18H,2,8-15H2,1H3,(H,24,25). The number of hydrogen-bond donors (Lipinski definition) is 1. The molecule has 0 bridgehead atoms. The van der Waals surface area contributed by atoms with Crippen molar-refractivity contribution in [1.29, 1.82) is 0 Å². The van der Waals surface area contributed by atoms with Crippen molar-refractivity contribution in [2.24, 2.45) is 10.9 Å². The Kier molecular flexibility index (Phi) is 6.63. The van der Waals surface area contributed by atoms with Gasteiger partial charge in [0.05, 0.1) is 6.54 Å². The van der Waals surface area contributed by atoms with E-state index in [0.717, 1.165) is 38.4 Å². The summed E-state index contributed by atoms with van der Waals surface area (Å²) in [7, 11) is 0. The van der Waals surface area contributed by atoms with Crippen molar-refractivity contribution in [1.82, 2.24) is 15.1 Å². The summed E-state index contributed by atoms with van der Waals surface area (Å²) in [6.45, 7) is 5.49. The Bertz CT molecular complexity index is 617.